The van der Waals surface area contributed by atoms with Crippen molar-refractivity contribution in [1.29, 1.82) is 0 Å². The quantitative estimate of drug-likeness (QED) is 0.851. The van der Waals surface area contributed by atoms with E-state index in [2.05, 4.69) is 5.32 Å². The fourth-order valence-corrected chi connectivity index (χ4v) is 3.94. The molecule has 1 saturated heterocycles. The Kier molecular flexibility index (Phi) is 5.64. The molecule has 2 aromatic carbocycles. The molecule has 2 aromatic rings. The highest BCUT2D eigenvalue weighted by atomic mass is 35.5. The Morgan fingerprint density at radius 2 is 1.89 bits per heavy atom. The van der Waals surface area contributed by atoms with Crippen molar-refractivity contribution in [3.63, 3.8) is 0 Å². The van der Waals surface area contributed by atoms with Crippen molar-refractivity contribution in [2.45, 2.75) is 31.8 Å². The Balaban J connectivity index is 1.49. The summed E-state index contributed by atoms with van der Waals surface area (Å²) in [7, 11) is 0. The number of carbonyl (C=O) groups excluding carboxylic acids is 2. The second-order valence-corrected chi connectivity index (χ2v) is 7.69. The fraction of sp³-hybridized carbons (Fsp3) is 0.364. The van der Waals surface area contributed by atoms with Crippen LogP contribution in [0.15, 0.2) is 42.5 Å². The minimum absolute atomic E-state index is 0.0480. The standard InChI is InChI=1S/C22H23ClN2O3/c23-18-8-5-15(6-9-18)22(27)25-11-1-3-16-13-17(7-10-20(16)25)21(26)24-14-19-4-2-12-28-19/h5-10,13,19H,1-4,11-12,14H2,(H,24,26). The van der Waals surface area contributed by atoms with Crippen LogP contribution < -0.4 is 10.2 Å². The molecule has 6 heteroatoms. The zero-order valence-electron chi connectivity index (χ0n) is 15.6. The number of nitrogens with zero attached hydrogens (tertiary/aromatic N) is 1. The van der Waals surface area contributed by atoms with E-state index in [4.69, 9.17) is 16.3 Å². The number of benzene rings is 2. The maximum Gasteiger partial charge on any atom is 0.258 e. The first-order valence-corrected chi connectivity index (χ1v) is 10.1. The van der Waals surface area contributed by atoms with Gasteiger partial charge in [0.25, 0.3) is 11.8 Å². The highest BCUT2D eigenvalue weighted by molar-refractivity contribution is 6.30. The first-order chi connectivity index (χ1) is 13.6. The van der Waals surface area contributed by atoms with Crippen LogP contribution in [0, 0.1) is 0 Å². The average molecular weight is 399 g/mol. The van der Waals surface area contributed by atoms with Crippen molar-refractivity contribution in [3.05, 3.63) is 64.2 Å². The number of aryl methyl sites for hydroxylation is 1. The lowest BCUT2D eigenvalue weighted by atomic mass is 9.98. The van der Waals surface area contributed by atoms with Crippen molar-refractivity contribution in [2.24, 2.45) is 0 Å². The molecule has 1 atom stereocenters. The summed E-state index contributed by atoms with van der Waals surface area (Å²) in [5.41, 5.74) is 3.13. The van der Waals surface area contributed by atoms with Gasteiger partial charge in [-0.1, -0.05) is 11.6 Å². The number of anilines is 1. The SMILES string of the molecule is O=C(NCC1CCCO1)c1ccc2c(c1)CCCN2C(=O)c1ccc(Cl)cc1. The highest BCUT2D eigenvalue weighted by Crippen LogP contribution is 2.29. The summed E-state index contributed by atoms with van der Waals surface area (Å²) in [4.78, 5) is 27.2. The Labute approximate surface area is 169 Å². The lowest BCUT2D eigenvalue weighted by Gasteiger charge is -2.30. The molecular weight excluding hydrogens is 376 g/mol. The zero-order valence-corrected chi connectivity index (χ0v) is 16.4. The molecule has 5 nitrogen and oxygen atoms in total. The van der Waals surface area contributed by atoms with Crippen LogP contribution in [0.5, 0.6) is 0 Å². The summed E-state index contributed by atoms with van der Waals surface area (Å²) in [6.45, 7) is 1.98. The molecule has 28 heavy (non-hydrogen) atoms. The van der Waals surface area contributed by atoms with Crippen LogP contribution in [0.2, 0.25) is 5.02 Å². The Morgan fingerprint density at radius 1 is 1.11 bits per heavy atom. The van der Waals surface area contributed by atoms with Gasteiger partial charge in [0.05, 0.1) is 6.10 Å². The molecule has 2 amide bonds. The molecule has 0 bridgehead atoms. The molecule has 0 saturated carbocycles. The third kappa shape index (κ3) is 4.05. The lowest BCUT2D eigenvalue weighted by molar-refractivity contribution is 0.0857. The minimum atomic E-state index is -0.0977. The van der Waals surface area contributed by atoms with Gasteiger partial charge in [-0.25, -0.2) is 0 Å². The summed E-state index contributed by atoms with van der Waals surface area (Å²) in [6.07, 6.45) is 3.89. The van der Waals surface area contributed by atoms with Gasteiger partial charge in [-0.05, 0) is 73.7 Å². The Hall–Kier alpha value is -2.37. The summed E-state index contributed by atoms with van der Waals surface area (Å²) in [6, 6.07) is 12.5. The van der Waals surface area contributed by atoms with Crippen LogP contribution in [0.1, 0.15) is 45.5 Å². The van der Waals surface area contributed by atoms with Crippen LogP contribution >= 0.6 is 11.6 Å². The highest BCUT2D eigenvalue weighted by Gasteiger charge is 2.25. The number of amides is 2. The predicted molar refractivity (Wildman–Crippen MR) is 109 cm³/mol. The van der Waals surface area contributed by atoms with Crippen LogP contribution in [0.3, 0.4) is 0 Å². The van der Waals surface area contributed by atoms with Crippen molar-refractivity contribution in [2.75, 3.05) is 24.6 Å². The van der Waals surface area contributed by atoms with E-state index in [0.717, 1.165) is 43.5 Å². The molecule has 2 aliphatic heterocycles. The second-order valence-electron chi connectivity index (χ2n) is 7.26. The third-order valence-electron chi connectivity index (χ3n) is 5.31. The van der Waals surface area contributed by atoms with E-state index in [1.807, 2.05) is 12.1 Å². The number of carbonyl (C=O) groups is 2. The molecule has 0 spiro atoms. The van der Waals surface area contributed by atoms with Gasteiger partial charge in [-0.3, -0.25) is 9.59 Å². The average Bonchev–Trinajstić information content (AvgIpc) is 3.25. The summed E-state index contributed by atoms with van der Waals surface area (Å²) >= 11 is 5.93. The van der Waals surface area contributed by atoms with Gasteiger partial charge in [0.2, 0.25) is 0 Å². The van der Waals surface area contributed by atoms with E-state index in [1.165, 1.54) is 0 Å². The number of hydrogen-bond donors (Lipinski definition) is 1. The topological polar surface area (TPSA) is 58.6 Å². The van der Waals surface area contributed by atoms with Gasteiger partial charge >= 0.3 is 0 Å². The normalized spacial score (nSPS) is 18.6. The molecule has 146 valence electrons. The Morgan fingerprint density at radius 3 is 2.64 bits per heavy atom. The minimum Gasteiger partial charge on any atom is -0.376 e. The molecule has 0 aromatic heterocycles. The second kappa shape index (κ2) is 8.33. The van der Waals surface area contributed by atoms with Crippen LogP contribution in [0.4, 0.5) is 5.69 Å². The van der Waals surface area contributed by atoms with Gasteiger partial charge < -0.3 is 15.0 Å². The van der Waals surface area contributed by atoms with Crippen molar-refractivity contribution in [1.82, 2.24) is 5.32 Å². The van der Waals surface area contributed by atoms with Gasteiger partial charge in [-0.15, -0.1) is 0 Å². The smallest absolute Gasteiger partial charge is 0.258 e. The monoisotopic (exact) mass is 398 g/mol. The van der Waals surface area contributed by atoms with E-state index in [9.17, 15) is 9.59 Å². The zero-order chi connectivity index (χ0) is 19.5. The number of fused-ring (bicyclic) bond motifs is 1. The van der Waals surface area contributed by atoms with E-state index in [-0.39, 0.29) is 17.9 Å². The third-order valence-corrected chi connectivity index (χ3v) is 5.56. The van der Waals surface area contributed by atoms with Crippen LogP contribution in [-0.2, 0) is 11.2 Å². The number of rotatable bonds is 4. The fourth-order valence-electron chi connectivity index (χ4n) is 3.81. The van der Waals surface area contributed by atoms with Crippen molar-refractivity contribution in [3.8, 4) is 0 Å². The molecule has 4 rings (SSSR count). The van der Waals surface area contributed by atoms with Crippen molar-refractivity contribution < 1.29 is 14.3 Å². The predicted octanol–water partition coefficient (Wildman–Crippen LogP) is 3.84. The number of halogens is 1. The molecule has 1 fully saturated rings. The van der Waals surface area contributed by atoms with Crippen LogP contribution in [-0.4, -0.2) is 37.6 Å². The van der Waals surface area contributed by atoms with E-state index in [0.29, 0.717) is 29.2 Å². The summed E-state index contributed by atoms with van der Waals surface area (Å²) < 4.78 is 5.55. The molecule has 0 aliphatic carbocycles. The molecule has 0 radical (unpaired) electrons. The maximum absolute atomic E-state index is 12.9. The summed E-state index contributed by atoms with van der Waals surface area (Å²) in [5, 5.41) is 3.56. The number of ether oxygens (including phenoxy) is 1. The molecule has 1 N–H and O–H groups in total. The van der Waals surface area contributed by atoms with Crippen molar-refractivity contribution >= 4 is 29.1 Å². The van der Waals surface area contributed by atoms with E-state index >= 15 is 0 Å². The van der Waals surface area contributed by atoms with E-state index < -0.39 is 0 Å². The van der Waals surface area contributed by atoms with Crippen LogP contribution in [0.25, 0.3) is 0 Å². The number of nitrogens with one attached hydrogen (secondary N) is 1. The first kappa shape index (κ1) is 19.0. The van der Waals surface area contributed by atoms with Gasteiger partial charge in [0.1, 0.15) is 0 Å². The first-order valence-electron chi connectivity index (χ1n) is 9.72. The summed E-state index contributed by atoms with van der Waals surface area (Å²) in [5.74, 6) is -0.146. The van der Waals surface area contributed by atoms with Gasteiger partial charge in [0, 0.05) is 41.5 Å². The maximum atomic E-state index is 12.9. The molecular formula is C22H23ClN2O3. The lowest BCUT2D eigenvalue weighted by Crippen LogP contribution is -2.36. The molecule has 2 heterocycles. The molecule has 1 unspecified atom stereocenters. The molecule has 2 aliphatic rings. The van der Waals surface area contributed by atoms with Gasteiger partial charge in [0.15, 0.2) is 0 Å². The number of hydrogen-bond acceptors (Lipinski definition) is 3. The largest absolute Gasteiger partial charge is 0.376 e. The van der Waals surface area contributed by atoms with Gasteiger partial charge in [-0.2, -0.15) is 0 Å². The van der Waals surface area contributed by atoms with E-state index in [1.54, 1.807) is 35.2 Å². The Bertz CT molecular complexity index is 876.